The van der Waals surface area contributed by atoms with Crippen LogP contribution < -0.4 is 0 Å². The molecule has 158 valence electrons. The molecule has 30 heavy (non-hydrogen) atoms. The molecule has 1 heterocycles. The highest BCUT2D eigenvalue weighted by atomic mass is 16.9. The molecule has 0 bridgehead atoms. The van der Waals surface area contributed by atoms with Crippen molar-refractivity contribution in [2.45, 2.75) is 59.8 Å². The fourth-order valence-electron chi connectivity index (χ4n) is 4.52. The Balaban J connectivity index is 1.98. The fourth-order valence-corrected chi connectivity index (χ4v) is 4.52. The summed E-state index contributed by atoms with van der Waals surface area (Å²) in [4.78, 5) is 36.3. The van der Waals surface area contributed by atoms with E-state index in [4.69, 9.17) is 18.3 Å². The van der Waals surface area contributed by atoms with E-state index in [1.54, 1.807) is 0 Å². The Morgan fingerprint density at radius 1 is 1.20 bits per heavy atom. The lowest BCUT2D eigenvalue weighted by Gasteiger charge is -2.32. The Bertz CT molecular complexity index is 1020. The van der Waals surface area contributed by atoms with Crippen molar-refractivity contribution in [3.05, 3.63) is 45.5 Å². The minimum absolute atomic E-state index is 0.0894. The van der Waals surface area contributed by atoms with Gasteiger partial charge in [0.05, 0.1) is 5.56 Å². The summed E-state index contributed by atoms with van der Waals surface area (Å²) in [7, 11) is 0. The number of rotatable bonds is 4. The summed E-state index contributed by atoms with van der Waals surface area (Å²) in [5.74, 6) is -1.52. The van der Waals surface area contributed by atoms with Gasteiger partial charge < -0.3 is 18.3 Å². The highest BCUT2D eigenvalue weighted by Gasteiger charge is 2.65. The molecule has 1 unspecified atom stereocenters. The van der Waals surface area contributed by atoms with Gasteiger partial charge in [0, 0.05) is 19.8 Å². The quantitative estimate of drug-likeness (QED) is 0.429. The van der Waals surface area contributed by atoms with E-state index < -0.39 is 24.9 Å². The zero-order valence-electron chi connectivity index (χ0n) is 17.9. The predicted molar refractivity (Wildman–Crippen MR) is 109 cm³/mol. The first-order valence-electron chi connectivity index (χ1n) is 10.3. The lowest BCUT2D eigenvalue weighted by molar-refractivity contribution is -0.237. The van der Waals surface area contributed by atoms with Crippen molar-refractivity contribution >= 4 is 30.6 Å². The third kappa shape index (κ3) is 3.34. The van der Waals surface area contributed by atoms with Crippen LogP contribution in [-0.4, -0.2) is 30.6 Å². The lowest BCUT2D eigenvalue weighted by Crippen LogP contribution is -2.53. The molecule has 1 fully saturated rings. The Hall–Kier alpha value is -2.90. The number of fused-ring (bicyclic) bond motifs is 3. The summed E-state index contributed by atoms with van der Waals surface area (Å²) in [6.07, 6.45) is 4.94. The number of aryl methyl sites for hydroxylation is 1. The molecule has 0 spiro atoms. The van der Waals surface area contributed by atoms with Gasteiger partial charge in [-0.1, -0.05) is 13.0 Å². The molecule has 7 nitrogen and oxygen atoms in total. The zero-order valence-corrected chi connectivity index (χ0v) is 17.9. The van der Waals surface area contributed by atoms with E-state index in [9.17, 15) is 14.4 Å². The van der Waals surface area contributed by atoms with E-state index in [0.29, 0.717) is 5.92 Å². The van der Waals surface area contributed by atoms with E-state index in [1.165, 1.54) is 11.1 Å². The molecule has 1 atom stereocenters. The summed E-state index contributed by atoms with van der Waals surface area (Å²) in [5.41, 5.74) is 5.69. The van der Waals surface area contributed by atoms with Crippen molar-refractivity contribution in [3.63, 3.8) is 0 Å². The Labute approximate surface area is 175 Å². The first-order valence-corrected chi connectivity index (χ1v) is 10.3. The zero-order chi connectivity index (χ0) is 21.8. The number of ketones is 1. The Morgan fingerprint density at radius 3 is 2.37 bits per heavy atom. The average molecular weight is 412 g/mol. The van der Waals surface area contributed by atoms with Gasteiger partial charge >= 0.3 is 18.7 Å². The van der Waals surface area contributed by atoms with Crippen molar-refractivity contribution in [1.29, 1.82) is 0 Å². The molecular weight excluding hydrogens is 387 g/mol. The lowest BCUT2D eigenvalue weighted by atomic mass is 9.75. The molecular formula is C22H25BO7. The minimum atomic E-state index is -3.38. The smallest absolute Gasteiger partial charge is 0.525 e. The summed E-state index contributed by atoms with van der Waals surface area (Å²) >= 11 is 0. The molecule has 1 aromatic carbocycles. The highest BCUT2D eigenvalue weighted by molar-refractivity contribution is 6.60. The van der Waals surface area contributed by atoms with E-state index in [2.05, 4.69) is 13.8 Å². The molecule has 8 heteroatoms. The second kappa shape index (κ2) is 7.11. The standard InChI is InChI=1S/C22H25BO7/c1-6-16-12(3)11(2)9-18-20(16)17(15-7-8-15)10-19-21(18)29-23(27-13(4)24,28-14(5)25)30-22(19)26/h9-10,15,17H,6-8H2,1-5H3. The fraction of sp³-hybridized carbons (Fsp3) is 0.455. The van der Waals surface area contributed by atoms with Crippen LogP contribution in [0.15, 0.2) is 17.7 Å². The van der Waals surface area contributed by atoms with E-state index in [1.807, 2.05) is 19.1 Å². The number of carbonyl (C=O) groups excluding carboxylic acids is 4. The van der Waals surface area contributed by atoms with E-state index in [-0.39, 0.29) is 17.3 Å². The molecule has 1 saturated carbocycles. The highest BCUT2D eigenvalue weighted by Crippen LogP contribution is 2.50. The van der Waals surface area contributed by atoms with Crippen LogP contribution in [0.5, 0.6) is 0 Å². The maximum absolute atomic E-state index is 13.0. The van der Waals surface area contributed by atoms with Crippen molar-refractivity contribution < 1.29 is 32.7 Å². The molecule has 0 saturated heterocycles. The molecule has 1 aromatic rings. The SMILES string of the molecule is CCc1c(C)c(C)cc2c1C(C1CC1)C=C1C(=O)O[B-](OC(C)=O)(OC(C)=O)[O+]=C12. The molecule has 3 aliphatic rings. The van der Waals surface area contributed by atoms with Crippen LogP contribution >= 0.6 is 0 Å². The van der Waals surface area contributed by atoms with Gasteiger partial charge in [0.15, 0.2) is 5.57 Å². The number of carbonyl (C=O) groups is 3. The van der Waals surface area contributed by atoms with Gasteiger partial charge in [-0.15, -0.1) is 0 Å². The van der Waals surface area contributed by atoms with Crippen molar-refractivity contribution in [2.75, 3.05) is 0 Å². The van der Waals surface area contributed by atoms with Crippen LogP contribution in [0.3, 0.4) is 0 Å². The van der Waals surface area contributed by atoms with Gasteiger partial charge in [0.1, 0.15) is 0 Å². The summed E-state index contributed by atoms with van der Waals surface area (Å²) < 4.78 is 21.4. The molecule has 4 rings (SSSR count). The van der Waals surface area contributed by atoms with Gasteiger partial charge in [-0.25, -0.2) is 0 Å². The van der Waals surface area contributed by atoms with Crippen LogP contribution in [0.2, 0.25) is 0 Å². The number of hydrogen-bond donors (Lipinski definition) is 0. The third-order valence-corrected chi connectivity index (χ3v) is 6.03. The largest absolute Gasteiger partial charge is 1.05 e. The third-order valence-electron chi connectivity index (χ3n) is 6.03. The molecule has 0 radical (unpaired) electrons. The summed E-state index contributed by atoms with van der Waals surface area (Å²) in [6.45, 7) is 5.09. The van der Waals surface area contributed by atoms with E-state index >= 15 is 0 Å². The second-order valence-corrected chi connectivity index (χ2v) is 8.20. The predicted octanol–water partition coefficient (Wildman–Crippen LogP) is 3.14. The monoisotopic (exact) mass is 412 g/mol. The molecule has 1 aliphatic heterocycles. The van der Waals surface area contributed by atoms with Gasteiger partial charge in [-0.2, -0.15) is 0 Å². The first kappa shape index (κ1) is 20.4. The van der Waals surface area contributed by atoms with Crippen molar-refractivity contribution in [3.8, 4) is 0 Å². The van der Waals surface area contributed by atoms with Gasteiger partial charge in [-0.3, -0.25) is 14.4 Å². The van der Waals surface area contributed by atoms with Gasteiger partial charge in [0.25, 0.3) is 11.9 Å². The maximum Gasteiger partial charge on any atom is 1.05 e. The van der Waals surface area contributed by atoms with Crippen molar-refractivity contribution in [2.24, 2.45) is 5.92 Å². The van der Waals surface area contributed by atoms with Crippen LogP contribution in [0, 0.1) is 19.8 Å². The first-order chi connectivity index (χ1) is 14.2. The maximum atomic E-state index is 13.0. The Morgan fingerprint density at radius 2 is 1.83 bits per heavy atom. The Kier molecular flexibility index (Phi) is 4.83. The molecule has 2 aliphatic carbocycles. The van der Waals surface area contributed by atoms with Crippen molar-refractivity contribution in [1.82, 2.24) is 0 Å². The number of hydrogen-bond acceptors (Lipinski definition) is 6. The van der Waals surface area contributed by atoms with Crippen LogP contribution in [0.4, 0.5) is 0 Å². The second-order valence-electron chi connectivity index (χ2n) is 8.20. The van der Waals surface area contributed by atoms with Gasteiger partial charge in [-0.05, 0) is 67.3 Å². The normalized spacial score (nSPS) is 21.5. The van der Waals surface area contributed by atoms with Crippen LogP contribution in [-0.2, 0) is 34.8 Å². The molecule has 0 N–H and O–H groups in total. The van der Waals surface area contributed by atoms with Crippen LogP contribution in [0.1, 0.15) is 71.7 Å². The number of benzene rings is 1. The molecule has 0 aromatic heterocycles. The average Bonchev–Trinajstić information content (AvgIpc) is 3.46. The summed E-state index contributed by atoms with van der Waals surface area (Å²) in [5, 5.41) is 0. The minimum Gasteiger partial charge on any atom is -0.525 e. The van der Waals surface area contributed by atoms with Gasteiger partial charge in [0.2, 0.25) is 0 Å². The topological polar surface area (TPSA) is 90.2 Å². The van der Waals surface area contributed by atoms with E-state index in [0.717, 1.165) is 49.8 Å². The van der Waals surface area contributed by atoms with Crippen LogP contribution in [0.25, 0.3) is 0 Å². The number of allylic oxidation sites excluding steroid dienone is 1. The summed E-state index contributed by atoms with van der Waals surface area (Å²) in [6, 6.07) is 1.99. The molecule has 0 amide bonds.